The summed E-state index contributed by atoms with van der Waals surface area (Å²) in [5.41, 5.74) is 2.38. The molecule has 0 N–H and O–H groups in total. The van der Waals surface area contributed by atoms with Gasteiger partial charge in [0.15, 0.2) is 11.5 Å². The highest BCUT2D eigenvalue weighted by molar-refractivity contribution is 5.48. The van der Waals surface area contributed by atoms with Crippen LogP contribution in [0.3, 0.4) is 0 Å². The largest absolute Gasteiger partial charge is 0.493 e. The van der Waals surface area contributed by atoms with Gasteiger partial charge in [0.1, 0.15) is 6.10 Å². The van der Waals surface area contributed by atoms with Gasteiger partial charge < -0.3 is 14.2 Å². The molecule has 1 aliphatic rings. The van der Waals surface area contributed by atoms with Crippen molar-refractivity contribution in [2.24, 2.45) is 0 Å². The molecule has 0 aromatic heterocycles. The van der Waals surface area contributed by atoms with E-state index in [1.54, 1.807) is 14.2 Å². The highest BCUT2D eigenvalue weighted by Crippen LogP contribution is 2.38. The summed E-state index contributed by atoms with van der Waals surface area (Å²) in [5.74, 6) is 1.54. The van der Waals surface area contributed by atoms with Crippen LogP contribution in [0.25, 0.3) is 0 Å². The molecular formula is C11H14O3. The first-order valence-electron chi connectivity index (χ1n) is 4.60. The number of epoxide rings is 1. The zero-order chi connectivity index (χ0) is 10.1. The van der Waals surface area contributed by atoms with E-state index in [1.165, 1.54) is 11.1 Å². The Kier molecular flexibility index (Phi) is 2.33. The minimum absolute atomic E-state index is 0.259. The van der Waals surface area contributed by atoms with Crippen molar-refractivity contribution in [3.05, 3.63) is 23.3 Å². The maximum atomic E-state index is 5.25. The van der Waals surface area contributed by atoms with Crippen LogP contribution in [0.2, 0.25) is 0 Å². The van der Waals surface area contributed by atoms with Crippen molar-refractivity contribution >= 4 is 0 Å². The highest BCUT2D eigenvalue weighted by Gasteiger charge is 2.27. The predicted octanol–water partition coefficient (Wildman–Crippen LogP) is 2.08. The van der Waals surface area contributed by atoms with E-state index >= 15 is 0 Å². The number of rotatable bonds is 3. The second-order valence-electron chi connectivity index (χ2n) is 3.39. The molecule has 0 aliphatic carbocycles. The van der Waals surface area contributed by atoms with Gasteiger partial charge in [-0.25, -0.2) is 0 Å². The zero-order valence-electron chi connectivity index (χ0n) is 8.66. The van der Waals surface area contributed by atoms with E-state index in [4.69, 9.17) is 14.2 Å². The maximum absolute atomic E-state index is 5.25. The highest BCUT2D eigenvalue weighted by atomic mass is 16.6. The third-order valence-electron chi connectivity index (χ3n) is 2.45. The Labute approximate surface area is 83.6 Å². The van der Waals surface area contributed by atoms with Gasteiger partial charge in [-0.3, -0.25) is 0 Å². The van der Waals surface area contributed by atoms with Crippen LogP contribution in [0.15, 0.2) is 12.1 Å². The van der Waals surface area contributed by atoms with Crippen molar-refractivity contribution in [3.63, 3.8) is 0 Å². The van der Waals surface area contributed by atoms with Gasteiger partial charge in [-0.05, 0) is 30.2 Å². The SMILES string of the molecule is COc1cc(C)c([C@H]2CO2)cc1OC. The summed E-state index contributed by atoms with van der Waals surface area (Å²) in [4.78, 5) is 0. The molecule has 0 unspecified atom stereocenters. The molecular weight excluding hydrogens is 180 g/mol. The predicted molar refractivity (Wildman–Crippen MR) is 53.0 cm³/mol. The minimum Gasteiger partial charge on any atom is -0.493 e. The lowest BCUT2D eigenvalue weighted by Crippen LogP contribution is -1.95. The number of hydrogen-bond donors (Lipinski definition) is 0. The van der Waals surface area contributed by atoms with Crippen LogP contribution in [0.4, 0.5) is 0 Å². The van der Waals surface area contributed by atoms with Gasteiger partial charge in [-0.1, -0.05) is 0 Å². The van der Waals surface area contributed by atoms with Crippen molar-refractivity contribution in [3.8, 4) is 11.5 Å². The fourth-order valence-electron chi connectivity index (χ4n) is 1.57. The monoisotopic (exact) mass is 194 g/mol. The second kappa shape index (κ2) is 3.50. The number of methoxy groups -OCH3 is 2. The van der Waals surface area contributed by atoms with Crippen LogP contribution >= 0.6 is 0 Å². The topological polar surface area (TPSA) is 31.0 Å². The third-order valence-corrected chi connectivity index (χ3v) is 2.45. The Morgan fingerprint density at radius 2 is 1.79 bits per heavy atom. The summed E-state index contributed by atoms with van der Waals surface area (Å²) in [6.45, 7) is 2.87. The molecule has 1 saturated heterocycles. The van der Waals surface area contributed by atoms with Crippen molar-refractivity contribution in [2.45, 2.75) is 13.0 Å². The average molecular weight is 194 g/mol. The molecule has 14 heavy (non-hydrogen) atoms. The Hall–Kier alpha value is -1.22. The quantitative estimate of drug-likeness (QED) is 0.690. The molecule has 1 aromatic rings. The Morgan fingerprint density at radius 1 is 1.21 bits per heavy atom. The first kappa shape index (κ1) is 9.34. The van der Waals surface area contributed by atoms with E-state index in [1.807, 2.05) is 12.1 Å². The van der Waals surface area contributed by atoms with E-state index in [-0.39, 0.29) is 6.10 Å². The lowest BCUT2D eigenvalue weighted by atomic mass is 10.1. The van der Waals surface area contributed by atoms with E-state index in [9.17, 15) is 0 Å². The average Bonchev–Trinajstić information content (AvgIpc) is 3.01. The number of aryl methyl sites for hydroxylation is 1. The standard InChI is InChI=1S/C11H14O3/c1-7-4-9(12-2)10(13-3)5-8(7)11-6-14-11/h4-5,11H,6H2,1-3H3/t11-/m1/s1. The summed E-state index contributed by atoms with van der Waals surface area (Å²) in [7, 11) is 3.29. The first-order chi connectivity index (χ1) is 6.76. The summed E-state index contributed by atoms with van der Waals surface area (Å²) < 4.78 is 15.7. The number of benzene rings is 1. The van der Waals surface area contributed by atoms with E-state index < -0.39 is 0 Å². The zero-order valence-corrected chi connectivity index (χ0v) is 8.66. The van der Waals surface area contributed by atoms with Crippen LogP contribution in [-0.4, -0.2) is 20.8 Å². The van der Waals surface area contributed by atoms with Gasteiger partial charge in [0.25, 0.3) is 0 Å². The Morgan fingerprint density at radius 3 is 2.29 bits per heavy atom. The Balaban J connectivity index is 2.42. The number of hydrogen-bond acceptors (Lipinski definition) is 3. The summed E-state index contributed by atoms with van der Waals surface area (Å²) in [6.07, 6.45) is 0.259. The van der Waals surface area contributed by atoms with Gasteiger partial charge in [-0.15, -0.1) is 0 Å². The molecule has 1 aliphatic heterocycles. The van der Waals surface area contributed by atoms with Crippen LogP contribution in [-0.2, 0) is 4.74 Å². The molecule has 1 atom stereocenters. The molecule has 0 amide bonds. The molecule has 1 fully saturated rings. The van der Waals surface area contributed by atoms with Gasteiger partial charge in [0.2, 0.25) is 0 Å². The molecule has 3 heteroatoms. The van der Waals surface area contributed by atoms with Crippen LogP contribution in [0, 0.1) is 6.92 Å². The molecule has 0 bridgehead atoms. The van der Waals surface area contributed by atoms with Crippen LogP contribution < -0.4 is 9.47 Å². The molecule has 0 radical (unpaired) electrons. The Bertz CT molecular complexity index is 343. The summed E-state index contributed by atoms with van der Waals surface area (Å²) >= 11 is 0. The van der Waals surface area contributed by atoms with Gasteiger partial charge in [-0.2, -0.15) is 0 Å². The summed E-state index contributed by atoms with van der Waals surface area (Å²) in [5, 5.41) is 0. The lowest BCUT2D eigenvalue weighted by Gasteiger charge is -2.11. The molecule has 0 spiro atoms. The molecule has 1 heterocycles. The van der Waals surface area contributed by atoms with E-state index in [2.05, 4.69) is 6.92 Å². The molecule has 0 saturated carbocycles. The molecule has 3 nitrogen and oxygen atoms in total. The fraction of sp³-hybridized carbons (Fsp3) is 0.455. The minimum atomic E-state index is 0.259. The van der Waals surface area contributed by atoms with Crippen molar-refractivity contribution in [2.75, 3.05) is 20.8 Å². The third kappa shape index (κ3) is 1.55. The maximum Gasteiger partial charge on any atom is 0.161 e. The van der Waals surface area contributed by atoms with Crippen LogP contribution in [0.5, 0.6) is 11.5 Å². The van der Waals surface area contributed by atoms with Crippen molar-refractivity contribution in [1.82, 2.24) is 0 Å². The molecule has 1 aromatic carbocycles. The molecule has 2 rings (SSSR count). The van der Waals surface area contributed by atoms with E-state index in [0.29, 0.717) is 0 Å². The van der Waals surface area contributed by atoms with Crippen molar-refractivity contribution < 1.29 is 14.2 Å². The number of ether oxygens (including phenoxy) is 3. The second-order valence-corrected chi connectivity index (χ2v) is 3.39. The fourth-order valence-corrected chi connectivity index (χ4v) is 1.57. The summed E-state index contributed by atoms with van der Waals surface area (Å²) in [6, 6.07) is 3.97. The smallest absolute Gasteiger partial charge is 0.161 e. The lowest BCUT2D eigenvalue weighted by molar-refractivity contribution is 0.352. The van der Waals surface area contributed by atoms with Gasteiger partial charge >= 0.3 is 0 Å². The first-order valence-corrected chi connectivity index (χ1v) is 4.60. The van der Waals surface area contributed by atoms with Gasteiger partial charge in [0, 0.05) is 0 Å². The normalized spacial score (nSPS) is 19.2. The van der Waals surface area contributed by atoms with Crippen LogP contribution in [0.1, 0.15) is 17.2 Å². The van der Waals surface area contributed by atoms with Gasteiger partial charge in [0.05, 0.1) is 20.8 Å². The van der Waals surface area contributed by atoms with E-state index in [0.717, 1.165) is 18.1 Å². The molecule has 76 valence electrons. The van der Waals surface area contributed by atoms with Crippen molar-refractivity contribution in [1.29, 1.82) is 0 Å².